The second kappa shape index (κ2) is 6.07. The van der Waals surface area contributed by atoms with Crippen LogP contribution in [0.5, 0.6) is 0 Å². The minimum absolute atomic E-state index is 0.250. The van der Waals surface area contributed by atoms with Gasteiger partial charge in [0.1, 0.15) is 21.8 Å². The van der Waals surface area contributed by atoms with Crippen molar-refractivity contribution in [2.75, 3.05) is 6.26 Å². The number of fused-ring (bicyclic) bond motifs is 1. The van der Waals surface area contributed by atoms with Crippen LogP contribution in [-0.2, 0) is 6.54 Å². The predicted octanol–water partition coefficient (Wildman–Crippen LogP) is 2.49. The average Bonchev–Trinajstić information content (AvgIpc) is 2.92. The van der Waals surface area contributed by atoms with Crippen LogP contribution in [0.1, 0.15) is 16.8 Å². The lowest BCUT2D eigenvalue weighted by Gasteiger charge is -2.12. The van der Waals surface area contributed by atoms with Crippen molar-refractivity contribution in [1.29, 1.82) is 5.26 Å². The summed E-state index contributed by atoms with van der Waals surface area (Å²) >= 11 is 7.15. The van der Waals surface area contributed by atoms with Crippen LogP contribution in [0, 0.1) is 18.3 Å². The zero-order chi connectivity index (χ0) is 16.6. The second-order valence-electron chi connectivity index (χ2n) is 4.93. The zero-order valence-corrected chi connectivity index (χ0v) is 14.0. The normalized spacial score (nSPS) is 10.9. The van der Waals surface area contributed by atoms with Crippen LogP contribution in [0.25, 0.3) is 5.65 Å². The largest absolute Gasteiger partial charge is 0.324 e. The Balaban J connectivity index is 2.27. The van der Waals surface area contributed by atoms with Crippen LogP contribution in [0.2, 0.25) is 5.15 Å². The molecule has 0 aliphatic rings. The van der Waals surface area contributed by atoms with E-state index < -0.39 is 0 Å². The summed E-state index contributed by atoms with van der Waals surface area (Å²) < 4.78 is 3.17. The summed E-state index contributed by atoms with van der Waals surface area (Å²) in [5, 5.41) is 14.7. The summed E-state index contributed by atoms with van der Waals surface area (Å²) in [5.74, 6) is 0. The minimum atomic E-state index is -0.250. The Hall–Kier alpha value is -2.30. The minimum Gasteiger partial charge on any atom is -0.324 e. The second-order valence-corrected chi connectivity index (χ2v) is 6.11. The number of hydrogen-bond donors (Lipinski definition) is 0. The molecule has 8 heteroatoms. The molecule has 0 radical (unpaired) electrons. The maximum absolute atomic E-state index is 12.2. The molecule has 0 saturated carbocycles. The highest BCUT2D eigenvalue weighted by Gasteiger charge is 2.18. The lowest BCUT2D eigenvalue weighted by molar-refractivity contribution is 0.731. The number of rotatable bonds is 3. The molecule has 0 fully saturated rings. The van der Waals surface area contributed by atoms with E-state index in [0.717, 1.165) is 11.3 Å². The fraction of sp³-hybridized carbons (Fsp3) is 0.200. The van der Waals surface area contributed by atoms with E-state index in [1.165, 1.54) is 22.3 Å². The summed E-state index contributed by atoms with van der Waals surface area (Å²) in [6.07, 6.45) is 3.50. The van der Waals surface area contributed by atoms with Crippen LogP contribution in [-0.4, -0.2) is 25.4 Å². The van der Waals surface area contributed by atoms with E-state index in [9.17, 15) is 10.1 Å². The molecule has 3 heterocycles. The van der Waals surface area contributed by atoms with Gasteiger partial charge in [-0.15, -0.1) is 11.8 Å². The van der Waals surface area contributed by atoms with E-state index in [0.29, 0.717) is 27.9 Å². The Morgan fingerprint density at radius 1 is 1.43 bits per heavy atom. The molecule has 0 aliphatic heterocycles. The van der Waals surface area contributed by atoms with Gasteiger partial charge in [0, 0.05) is 18.0 Å². The van der Waals surface area contributed by atoms with Gasteiger partial charge >= 0.3 is 0 Å². The molecule has 0 atom stereocenters. The van der Waals surface area contributed by atoms with Gasteiger partial charge in [0.25, 0.3) is 5.56 Å². The predicted molar refractivity (Wildman–Crippen MR) is 89.0 cm³/mol. The molecule has 3 aromatic rings. The van der Waals surface area contributed by atoms with Crippen LogP contribution in [0.3, 0.4) is 0 Å². The lowest BCUT2D eigenvalue weighted by Crippen LogP contribution is -2.20. The van der Waals surface area contributed by atoms with Crippen molar-refractivity contribution >= 4 is 29.0 Å². The lowest BCUT2D eigenvalue weighted by atomic mass is 10.2. The van der Waals surface area contributed by atoms with Gasteiger partial charge in [-0.05, 0) is 24.8 Å². The van der Waals surface area contributed by atoms with Gasteiger partial charge in [0.2, 0.25) is 0 Å². The molecule has 0 saturated heterocycles. The van der Waals surface area contributed by atoms with Crippen molar-refractivity contribution in [1.82, 2.24) is 19.2 Å². The van der Waals surface area contributed by atoms with Gasteiger partial charge in [0.05, 0.1) is 6.54 Å². The first kappa shape index (κ1) is 15.6. The molecular weight excluding hydrogens is 334 g/mol. The fourth-order valence-corrected chi connectivity index (χ4v) is 3.02. The maximum Gasteiger partial charge on any atom is 0.274 e. The van der Waals surface area contributed by atoms with Gasteiger partial charge in [-0.3, -0.25) is 4.79 Å². The van der Waals surface area contributed by atoms with Crippen LogP contribution in [0.4, 0.5) is 0 Å². The first-order valence-corrected chi connectivity index (χ1v) is 8.33. The average molecular weight is 346 g/mol. The number of pyridine rings is 1. The maximum atomic E-state index is 12.2. The number of aryl methyl sites for hydroxylation is 1. The van der Waals surface area contributed by atoms with Gasteiger partial charge in [-0.25, -0.2) is 4.98 Å². The third-order valence-corrected chi connectivity index (χ3v) is 4.38. The van der Waals surface area contributed by atoms with Gasteiger partial charge in [-0.1, -0.05) is 17.7 Å². The first-order chi connectivity index (χ1) is 11.0. The standard InChI is InChI=1S/C15H12ClN5OS/c1-9-5-13(22)21-15(11(6-17)14(19-21)23-2)20(9)8-10-3-4-12(16)18-7-10/h3-5,7H,8H2,1-2H3. The molecule has 0 unspecified atom stereocenters. The van der Waals surface area contributed by atoms with E-state index in [-0.39, 0.29) is 5.56 Å². The van der Waals surface area contributed by atoms with Gasteiger partial charge in [0.15, 0.2) is 5.65 Å². The van der Waals surface area contributed by atoms with Crippen molar-refractivity contribution in [3.63, 3.8) is 0 Å². The number of hydrogen-bond acceptors (Lipinski definition) is 5. The number of nitriles is 1. The third kappa shape index (κ3) is 2.71. The monoisotopic (exact) mass is 345 g/mol. The molecular formula is C15H12ClN5OS. The smallest absolute Gasteiger partial charge is 0.274 e. The summed E-state index contributed by atoms with van der Waals surface area (Å²) in [6, 6.07) is 7.24. The Kier molecular flexibility index (Phi) is 4.11. The summed E-state index contributed by atoms with van der Waals surface area (Å²) in [6.45, 7) is 2.30. The molecule has 0 aromatic carbocycles. The van der Waals surface area contributed by atoms with Crippen molar-refractivity contribution in [2.24, 2.45) is 0 Å². The van der Waals surface area contributed by atoms with Crippen LogP contribution in [0.15, 0.2) is 34.2 Å². The van der Waals surface area contributed by atoms with Crippen molar-refractivity contribution in [3.05, 3.63) is 56.7 Å². The van der Waals surface area contributed by atoms with E-state index in [1.54, 1.807) is 12.3 Å². The molecule has 116 valence electrons. The Bertz CT molecular complexity index is 984. The highest BCUT2D eigenvalue weighted by Crippen LogP contribution is 2.23. The molecule has 0 bridgehead atoms. The number of halogens is 1. The van der Waals surface area contributed by atoms with Crippen molar-refractivity contribution < 1.29 is 0 Å². The SMILES string of the molecule is CSc1nn2c(=O)cc(C)n(Cc3ccc(Cl)nc3)c2c1C#N. The molecule has 3 aromatic heterocycles. The van der Waals surface area contributed by atoms with Gasteiger partial charge < -0.3 is 4.57 Å². The molecule has 0 amide bonds. The van der Waals surface area contributed by atoms with Gasteiger partial charge in [-0.2, -0.15) is 14.9 Å². The van der Waals surface area contributed by atoms with E-state index in [2.05, 4.69) is 16.2 Å². The fourth-order valence-electron chi connectivity index (χ4n) is 2.40. The first-order valence-electron chi connectivity index (χ1n) is 6.73. The summed E-state index contributed by atoms with van der Waals surface area (Å²) in [7, 11) is 0. The molecule has 0 N–H and O–H groups in total. The Morgan fingerprint density at radius 2 is 2.22 bits per heavy atom. The highest BCUT2D eigenvalue weighted by atomic mass is 35.5. The topological polar surface area (TPSA) is 76.0 Å². The number of nitrogens with zero attached hydrogens (tertiary/aromatic N) is 5. The quantitative estimate of drug-likeness (QED) is 0.538. The molecule has 23 heavy (non-hydrogen) atoms. The Morgan fingerprint density at radius 3 is 2.83 bits per heavy atom. The molecule has 0 spiro atoms. The van der Waals surface area contributed by atoms with Crippen LogP contribution < -0.4 is 5.56 Å². The third-order valence-electron chi connectivity index (χ3n) is 3.49. The van der Waals surface area contributed by atoms with E-state index >= 15 is 0 Å². The van der Waals surface area contributed by atoms with E-state index in [4.69, 9.17) is 11.6 Å². The molecule has 3 rings (SSSR count). The number of thioether (sulfide) groups is 1. The summed E-state index contributed by atoms with van der Waals surface area (Å²) in [5.41, 5.74) is 2.32. The van der Waals surface area contributed by atoms with Crippen LogP contribution >= 0.6 is 23.4 Å². The summed E-state index contributed by atoms with van der Waals surface area (Å²) in [4.78, 5) is 16.3. The van der Waals surface area contributed by atoms with Crippen molar-refractivity contribution in [2.45, 2.75) is 18.5 Å². The molecule has 6 nitrogen and oxygen atoms in total. The van der Waals surface area contributed by atoms with Crippen molar-refractivity contribution in [3.8, 4) is 6.07 Å². The zero-order valence-electron chi connectivity index (χ0n) is 12.4. The molecule has 0 aliphatic carbocycles. The highest BCUT2D eigenvalue weighted by molar-refractivity contribution is 7.98. The van der Waals surface area contributed by atoms with E-state index in [1.807, 2.05) is 23.8 Å². The number of aromatic nitrogens is 4. The Labute approximate surface area is 141 Å².